The van der Waals surface area contributed by atoms with Crippen LogP contribution in [0.25, 0.3) is 0 Å². The van der Waals surface area contributed by atoms with Gasteiger partial charge in [0.15, 0.2) is 0 Å². The molecule has 8 nitrogen and oxygen atoms in total. The Morgan fingerprint density at radius 1 is 0.578 bits per heavy atom. The molecule has 0 aliphatic heterocycles. The van der Waals surface area contributed by atoms with Crippen LogP contribution < -0.4 is 0 Å². The van der Waals surface area contributed by atoms with Crippen molar-refractivity contribution in [3.63, 3.8) is 0 Å². The van der Waals surface area contributed by atoms with Gasteiger partial charge in [0.2, 0.25) is 11.3 Å². The third-order valence-electron chi connectivity index (χ3n) is 7.10. The summed E-state index contributed by atoms with van der Waals surface area (Å²) in [5, 5.41) is 0. The summed E-state index contributed by atoms with van der Waals surface area (Å²) in [7, 11) is 0. The minimum Gasteiger partial charge on any atom is -0.460 e. The third kappa shape index (κ3) is 9.66. The standard InChI is InChI=1S/C27H38F10O8/c1-10-22(8,28)17(38)41-16-12-14(23(9,25(29,30)31)44-18(39)42-20(2,3)4)11-15(13-16)24(26(32,33)34,27(35,36)37)45-19(40)43-21(5,6)7/h14-16H,10-13H2,1-9H3. The van der Waals surface area contributed by atoms with E-state index in [1.807, 2.05) is 0 Å². The number of carbonyl (C=O) groups excluding carboxylic acids is 3. The lowest BCUT2D eigenvalue weighted by Gasteiger charge is -2.49. The second-order valence-corrected chi connectivity index (χ2v) is 13.1. The highest BCUT2D eigenvalue weighted by atomic mass is 19.4. The summed E-state index contributed by atoms with van der Waals surface area (Å²) in [6.45, 7) is 9.00. The third-order valence-corrected chi connectivity index (χ3v) is 7.10. The van der Waals surface area contributed by atoms with Crippen LogP contribution in [0.4, 0.5) is 53.5 Å². The number of ether oxygens (including phenoxy) is 5. The van der Waals surface area contributed by atoms with Gasteiger partial charge < -0.3 is 23.7 Å². The minimum absolute atomic E-state index is 0.186. The SMILES string of the molecule is CCC(C)(F)C(=O)OC1CC(C(C)(OC(=O)OC(C)(C)C)C(F)(F)F)CC(C(OC(=O)OC(C)(C)C)(C(F)(F)F)C(F)(F)F)C1. The van der Waals surface area contributed by atoms with Crippen molar-refractivity contribution >= 4 is 18.3 Å². The predicted molar refractivity (Wildman–Crippen MR) is 134 cm³/mol. The van der Waals surface area contributed by atoms with Gasteiger partial charge in [0.1, 0.15) is 17.3 Å². The van der Waals surface area contributed by atoms with Gasteiger partial charge in [0.25, 0.3) is 0 Å². The smallest absolute Gasteiger partial charge is 0.460 e. The molecule has 1 aliphatic rings. The maximum absolute atomic E-state index is 14.7. The Hall–Kier alpha value is -2.69. The number of esters is 1. The molecule has 1 fully saturated rings. The number of halogens is 10. The molecule has 5 unspecified atom stereocenters. The summed E-state index contributed by atoms with van der Waals surface area (Å²) in [5.74, 6) is -7.45. The number of carbonyl (C=O) groups is 3. The van der Waals surface area contributed by atoms with Crippen LogP contribution in [0.2, 0.25) is 0 Å². The Bertz CT molecular complexity index is 1060. The fraction of sp³-hybridized carbons (Fsp3) is 0.889. The van der Waals surface area contributed by atoms with E-state index in [0.717, 1.165) is 27.7 Å². The first kappa shape index (κ1) is 40.3. The molecule has 0 radical (unpaired) electrons. The number of rotatable bonds is 7. The first-order chi connectivity index (χ1) is 19.7. The van der Waals surface area contributed by atoms with Gasteiger partial charge in [-0.25, -0.2) is 18.8 Å². The van der Waals surface area contributed by atoms with Gasteiger partial charge >= 0.3 is 42.4 Å². The van der Waals surface area contributed by atoms with Crippen molar-refractivity contribution in [3.05, 3.63) is 0 Å². The molecule has 1 saturated carbocycles. The molecule has 5 atom stereocenters. The van der Waals surface area contributed by atoms with E-state index >= 15 is 0 Å². The molecule has 0 bridgehead atoms. The van der Waals surface area contributed by atoms with Gasteiger partial charge in [-0.3, -0.25) is 0 Å². The highest BCUT2D eigenvalue weighted by Gasteiger charge is 2.79. The number of alkyl halides is 10. The van der Waals surface area contributed by atoms with Gasteiger partial charge in [0, 0.05) is 11.8 Å². The topological polar surface area (TPSA) is 97.4 Å². The predicted octanol–water partition coefficient (Wildman–Crippen LogP) is 8.54. The van der Waals surface area contributed by atoms with Crippen LogP contribution in [-0.4, -0.2) is 71.0 Å². The summed E-state index contributed by atoms with van der Waals surface area (Å²) in [5.41, 5.74) is -15.3. The first-order valence-electron chi connectivity index (χ1n) is 13.7. The van der Waals surface area contributed by atoms with Crippen molar-refractivity contribution in [3.8, 4) is 0 Å². The van der Waals surface area contributed by atoms with Crippen LogP contribution in [-0.2, 0) is 28.5 Å². The van der Waals surface area contributed by atoms with Crippen LogP contribution in [0.3, 0.4) is 0 Å². The molecule has 0 saturated heterocycles. The van der Waals surface area contributed by atoms with Crippen molar-refractivity contribution < 1.29 is 82.0 Å². The number of hydrogen-bond donors (Lipinski definition) is 0. The van der Waals surface area contributed by atoms with Crippen molar-refractivity contribution in [1.82, 2.24) is 0 Å². The average Bonchev–Trinajstić information content (AvgIpc) is 2.77. The van der Waals surface area contributed by atoms with E-state index in [9.17, 15) is 58.3 Å². The van der Waals surface area contributed by atoms with Crippen LogP contribution in [0, 0.1) is 11.8 Å². The zero-order valence-corrected chi connectivity index (χ0v) is 26.1. The Morgan fingerprint density at radius 2 is 0.978 bits per heavy atom. The summed E-state index contributed by atoms with van der Waals surface area (Å²) in [4.78, 5) is 37.1. The molecule has 18 heteroatoms. The van der Waals surface area contributed by atoms with Gasteiger partial charge in [-0.15, -0.1) is 0 Å². The summed E-state index contributed by atoms with van der Waals surface area (Å²) in [6.07, 6.45) is -30.3. The Kier molecular flexibility index (Phi) is 11.5. The zero-order chi connectivity index (χ0) is 35.8. The molecule has 1 rings (SSSR count). The fourth-order valence-electron chi connectivity index (χ4n) is 4.60. The van der Waals surface area contributed by atoms with Crippen LogP contribution in [0.1, 0.15) is 88.0 Å². The molecule has 0 aromatic heterocycles. The number of hydrogen-bond acceptors (Lipinski definition) is 8. The van der Waals surface area contributed by atoms with E-state index in [0.29, 0.717) is 6.92 Å². The van der Waals surface area contributed by atoms with Crippen molar-refractivity contribution in [1.29, 1.82) is 0 Å². The molecule has 45 heavy (non-hydrogen) atoms. The van der Waals surface area contributed by atoms with E-state index in [2.05, 4.69) is 14.2 Å². The van der Waals surface area contributed by atoms with E-state index in [4.69, 9.17) is 9.47 Å². The van der Waals surface area contributed by atoms with E-state index < -0.39 is 109 Å². The van der Waals surface area contributed by atoms with Crippen LogP contribution in [0.5, 0.6) is 0 Å². The van der Waals surface area contributed by atoms with Crippen LogP contribution >= 0.6 is 0 Å². The molecule has 0 aromatic carbocycles. The van der Waals surface area contributed by atoms with Crippen LogP contribution in [0.15, 0.2) is 0 Å². The van der Waals surface area contributed by atoms with Crippen molar-refractivity contribution in [2.24, 2.45) is 11.8 Å². The normalized spacial score (nSPS) is 23.2. The van der Waals surface area contributed by atoms with Crippen molar-refractivity contribution in [2.45, 2.75) is 141 Å². The first-order valence-corrected chi connectivity index (χ1v) is 13.7. The van der Waals surface area contributed by atoms with Crippen molar-refractivity contribution in [2.75, 3.05) is 0 Å². The molecule has 0 amide bonds. The minimum atomic E-state index is -6.54. The Labute approximate surface area is 253 Å². The highest BCUT2D eigenvalue weighted by molar-refractivity contribution is 5.79. The van der Waals surface area contributed by atoms with Gasteiger partial charge in [0.05, 0.1) is 0 Å². The second-order valence-electron chi connectivity index (χ2n) is 13.1. The largest absolute Gasteiger partial charge is 0.510 e. The molecule has 0 spiro atoms. The molecule has 264 valence electrons. The molecular weight excluding hydrogens is 642 g/mol. The molecule has 0 N–H and O–H groups in total. The Morgan fingerprint density at radius 3 is 1.33 bits per heavy atom. The fourth-order valence-corrected chi connectivity index (χ4v) is 4.60. The second kappa shape index (κ2) is 12.8. The lowest BCUT2D eigenvalue weighted by molar-refractivity contribution is -0.392. The van der Waals surface area contributed by atoms with E-state index in [1.54, 1.807) is 0 Å². The van der Waals surface area contributed by atoms with E-state index in [1.165, 1.54) is 20.8 Å². The summed E-state index contributed by atoms with van der Waals surface area (Å²) in [6, 6.07) is 0. The highest BCUT2D eigenvalue weighted by Crippen LogP contribution is 2.58. The van der Waals surface area contributed by atoms with Gasteiger partial charge in [-0.05, 0) is 81.1 Å². The summed E-state index contributed by atoms with van der Waals surface area (Å²) >= 11 is 0. The van der Waals surface area contributed by atoms with Gasteiger partial charge in [-0.1, -0.05) is 6.92 Å². The maximum Gasteiger partial charge on any atom is 0.510 e. The molecule has 0 heterocycles. The molecule has 1 aliphatic carbocycles. The summed E-state index contributed by atoms with van der Waals surface area (Å²) < 4.78 is 168. The lowest BCUT2D eigenvalue weighted by atomic mass is 9.66. The lowest BCUT2D eigenvalue weighted by Crippen LogP contribution is -2.67. The average molecular weight is 681 g/mol. The van der Waals surface area contributed by atoms with Gasteiger partial charge in [-0.2, -0.15) is 39.5 Å². The molecule has 0 aromatic rings. The maximum atomic E-state index is 14.7. The quantitative estimate of drug-likeness (QED) is 0.150. The van der Waals surface area contributed by atoms with E-state index in [-0.39, 0.29) is 6.92 Å². The molecular formula is C27H38F10O8. The monoisotopic (exact) mass is 680 g/mol. The zero-order valence-electron chi connectivity index (χ0n) is 26.1. The Balaban J connectivity index is 3.95.